The molecule has 2 rings (SSSR count). The number of carbonyl (C=O) groups excluding carboxylic acids is 1. The van der Waals surface area contributed by atoms with Crippen molar-refractivity contribution in [3.63, 3.8) is 0 Å². The van der Waals surface area contributed by atoms with Crippen molar-refractivity contribution >= 4 is 5.91 Å². The molecule has 0 aromatic heterocycles. The summed E-state index contributed by atoms with van der Waals surface area (Å²) in [6.07, 6.45) is 2.62. The number of amides is 1. The zero-order chi connectivity index (χ0) is 18.9. The van der Waals surface area contributed by atoms with Crippen LogP contribution in [0.4, 0.5) is 0 Å². The van der Waals surface area contributed by atoms with Crippen LogP contribution >= 0.6 is 0 Å². The lowest BCUT2D eigenvalue weighted by molar-refractivity contribution is 0.0487. The number of hydrogen-bond donors (Lipinski definition) is 1. The van der Waals surface area contributed by atoms with Crippen molar-refractivity contribution in [2.24, 2.45) is 0 Å². The summed E-state index contributed by atoms with van der Waals surface area (Å²) in [6, 6.07) is 16.3. The normalized spacial score (nSPS) is 13.1. The number of carbonyl (C=O) groups is 1. The number of ether oxygens (including phenoxy) is 1. The molecule has 0 saturated carbocycles. The summed E-state index contributed by atoms with van der Waals surface area (Å²) in [7, 11) is 1.72. The minimum Gasteiger partial charge on any atom is -0.494 e. The molecule has 2 atom stereocenters. The molecule has 1 N–H and O–H groups in total. The molecule has 4 heteroatoms. The molecule has 0 aliphatic heterocycles. The van der Waals surface area contributed by atoms with Gasteiger partial charge in [0, 0.05) is 12.6 Å². The first-order chi connectivity index (χ1) is 12.5. The Labute approximate surface area is 156 Å². The second kappa shape index (κ2) is 9.97. The Morgan fingerprint density at radius 2 is 1.73 bits per heavy atom. The van der Waals surface area contributed by atoms with Crippen LogP contribution in [0.5, 0.6) is 5.75 Å². The average molecular weight is 355 g/mol. The van der Waals surface area contributed by atoms with Crippen LogP contribution in [0.2, 0.25) is 0 Å². The zero-order valence-corrected chi connectivity index (χ0v) is 15.9. The summed E-state index contributed by atoms with van der Waals surface area (Å²) >= 11 is 0. The number of unbranched alkanes of at least 4 members (excludes halogenated alkanes) is 2. The molecule has 0 aliphatic carbocycles. The highest BCUT2D eigenvalue weighted by Crippen LogP contribution is 2.22. The highest BCUT2D eigenvalue weighted by atomic mass is 16.5. The monoisotopic (exact) mass is 355 g/mol. The van der Waals surface area contributed by atoms with Gasteiger partial charge in [-0.05, 0) is 43.2 Å². The van der Waals surface area contributed by atoms with Gasteiger partial charge in [0.15, 0.2) is 0 Å². The van der Waals surface area contributed by atoms with E-state index in [1.807, 2.05) is 49.4 Å². The van der Waals surface area contributed by atoms with Crippen LogP contribution in [0.3, 0.4) is 0 Å². The van der Waals surface area contributed by atoms with Crippen molar-refractivity contribution in [3.8, 4) is 5.75 Å². The van der Waals surface area contributed by atoms with E-state index in [0.717, 1.165) is 30.6 Å². The number of benzene rings is 2. The fourth-order valence-corrected chi connectivity index (χ4v) is 2.76. The quantitative estimate of drug-likeness (QED) is 0.676. The van der Waals surface area contributed by atoms with E-state index in [9.17, 15) is 9.90 Å². The van der Waals surface area contributed by atoms with Crippen molar-refractivity contribution in [2.75, 3.05) is 13.7 Å². The molecule has 0 aliphatic rings. The minimum atomic E-state index is -0.730. The van der Waals surface area contributed by atoms with E-state index in [-0.39, 0.29) is 11.9 Å². The lowest BCUT2D eigenvalue weighted by Gasteiger charge is -2.29. The van der Waals surface area contributed by atoms with E-state index in [2.05, 4.69) is 6.92 Å². The maximum absolute atomic E-state index is 12.7. The molecule has 0 radical (unpaired) electrons. The van der Waals surface area contributed by atoms with Gasteiger partial charge in [-0.15, -0.1) is 0 Å². The molecule has 4 nitrogen and oxygen atoms in total. The van der Waals surface area contributed by atoms with Crippen molar-refractivity contribution in [1.29, 1.82) is 0 Å². The van der Waals surface area contributed by atoms with Gasteiger partial charge in [-0.3, -0.25) is 4.79 Å². The Hall–Kier alpha value is -2.33. The third-order valence-corrected chi connectivity index (χ3v) is 4.65. The van der Waals surface area contributed by atoms with Gasteiger partial charge < -0.3 is 14.7 Å². The molecular formula is C22H29NO3. The van der Waals surface area contributed by atoms with E-state index in [0.29, 0.717) is 12.2 Å². The summed E-state index contributed by atoms with van der Waals surface area (Å²) in [5.74, 6) is 0.655. The Balaban J connectivity index is 1.96. The van der Waals surface area contributed by atoms with Gasteiger partial charge >= 0.3 is 0 Å². The van der Waals surface area contributed by atoms with Gasteiger partial charge in [0.2, 0.25) is 0 Å². The smallest absolute Gasteiger partial charge is 0.253 e. The van der Waals surface area contributed by atoms with Gasteiger partial charge in [0.1, 0.15) is 5.75 Å². The highest BCUT2D eigenvalue weighted by molar-refractivity contribution is 5.94. The first-order valence-corrected chi connectivity index (χ1v) is 9.27. The molecule has 1 amide bonds. The molecule has 2 aromatic carbocycles. The molecule has 2 aromatic rings. The van der Waals surface area contributed by atoms with Crippen molar-refractivity contribution in [1.82, 2.24) is 4.90 Å². The summed E-state index contributed by atoms with van der Waals surface area (Å²) < 4.78 is 5.68. The van der Waals surface area contributed by atoms with E-state index in [1.165, 1.54) is 0 Å². The van der Waals surface area contributed by atoms with Gasteiger partial charge in [-0.2, -0.15) is 0 Å². The Bertz CT molecular complexity index is 670. The first-order valence-electron chi connectivity index (χ1n) is 9.27. The van der Waals surface area contributed by atoms with Gasteiger partial charge in [-0.1, -0.05) is 50.1 Å². The largest absolute Gasteiger partial charge is 0.494 e. The van der Waals surface area contributed by atoms with Crippen molar-refractivity contribution in [3.05, 3.63) is 65.7 Å². The predicted octanol–water partition coefficient (Wildman–Crippen LogP) is 4.45. The predicted molar refractivity (Wildman–Crippen MR) is 104 cm³/mol. The van der Waals surface area contributed by atoms with Crippen LogP contribution in [-0.2, 0) is 0 Å². The number of aliphatic hydroxyl groups is 1. The number of hydrogen-bond acceptors (Lipinski definition) is 3. The van der Waals surface area contributed by atoms with E-state index in [4.69, 9.17) is 4.74 Å². The maximum atomic E-state index is 12.7. The Morgan fingerprint density at radius 3 is 2.35 bits per heavy atom. The summed E-state index contributed by atoms with van der Waals surface area (Å²) in [5, 5.41) is 10.5. The van der Waals surface area contributed by atoms with Crippen LogP contribution in [0.1, 0.15) is 55.1 Å². The van der Waals surface area contributed by atoms with Crippen LogP contribution in [0.25, 0.3) is 0 Å². The molecule has 0 saturated heterocycles. The van der Waals surface area contributed by atoms with Crippen LogP contribution in [0.15, 0.2) is 54.6 Å². The van der Waals surface area contributed by atoms with Gasteiger partial charge in [0.25, 0.3) is 5.91 Å². The molecule has 0 fully saturated rings. The number of aliphatic hydroxyl groups excluding tert-OH is 1. The first kappa shape index (κ1) is 20.0. The maximum Gasteiger partial charge on any atom is 0.253 e. The SMILES string of the molecule is CCCCCOc1ccc(C(=O)N(C)C(C)C(O)c2ccccc2)cc1. The molecule has 140 valence electrons. The molecular weight excluding hydrogens is 326 g/mol. The molecule has 2 unspecified atom stereocenters. The summed E-state index contributed by atoms with van der Waals surface area (Å²) in [6.45, 7) is 4.70. The van der Waals surface area contributed by atoms with Crippen LogP contribution < -0.4 is 4.74 Å². The third kappa shape index (κ3) is 5.33. The van der Waals surface area contributed by atoms with Crippen LogP contribution in [-0.4, -0.2) is 35.6 Å². The standard InChI is InChI=1S/C22H29NO3/c1-4-5-9-16-26-20-14-12-19(13-15-20)22(25)23(3)17(2)21(24)18-10-7-6-8-11-18/h6-8,10-15,17,21,24H,4-5,9,16H2,1-3H3. The third-order valence-electron chi connectivity index (χ3n) is 4.65. The fraction of sp³-hybridized carbons (Fsp3) is 0.409. The van der Waals surface area contributed by atoms with Crippen molar-refractivity contribution in [2.45, 2.75) is 45.3 Å². The van der Waals surface area contributed by atoms with E-state index >= 15 is 0 Å². The number of likely N-dealkylation sites (N-methyl/N-ethyl adjacent to an activating group) is 1. The summed E-state index contributed by atoms with van der Waals surface area (Å²) in [4.78, 5) is 14.3. The van der Waals surface area contributed by atoms with Gasteiger partial charge in [-0.25, -0.2) is 0 Å². The molecule has 0 heterocycles. The molecule has 0 spiro atoms. The second-order valence-corrected chi connectivity index (χ2v) is 6.59. The Morgan fingerprint density at radius 1 is 1.08 bits per heavy atom. The second-order valence-electron chi connectivity index (χ2n) is 6.59. The zero-order valence-electron chi connectivity index (χ0n) is 15.9. The summed E-state index contributed by atoms with van der Waals surface area (Å²) in [5.41, 5.74) is 1.39. The minimum absolute atomic E-state index is 0.120. The van der Waals surface area contributed by atoms with E-state index < -0.39 is 6.10 Å². The number of nitrogens with zero attached hydrogens (tertiary/aromatic N) is 1. The number of rotatable bonds is 9. The lowest BCUT2D eigenvalue weighted by Crippen LogP contribution is -2.39. The van der Waals surface area contributed by atoms with E-state index in [1.54, 1.807) is 24.1 Å². The average Bonchev–Trinajstić information content (AvgIpc) is 2.70. The van der Waals surface area contributed by atoms with Crippen LogP contribution in [0, 0.1) is 0 Å². The van der Waals surface area contributed by atoms with Gasteiger partial charge in [0.05, 0.1) is 18.8 Å². The Kier molecular flexibility index (Phi) is 7.67. The van der Waals surface area contributed by atoms with Crippen molar-refractivity contribution < 1.29 is 14.6 Å². The lowest BCUT2D eigenvalue weighted by atomic mass is 10.0. The topological polar surface area (TPSA) is 49.8 Å². The molecule has 0 bridgehead atoms. The molecule has 26 heavy (non-hydrogen) atoms. The fourth-order valence-electron chi connectivity index (χ4n) is 2.76. The highest BCUT2D eigenvalue weighted by Gasteiger charge is 2.24.